The number of carboxylic acids is 1. The molecule has 3 aromatic carbocycles. The lowest BCUT2D eigenvalue weighted by atomic mass is 9.95. The maximum Gasteiger partial charge on any atom is 0.339 e. The molecule has 0 spiro atoms. The normalized spacial score (nSPS) is 13.9. The summed E-state index contributed by atoms with van der Waals surface area (Å²) >= 11 is 6.14. The first kappa shape index (κ1) is 26.3. The van der Waals surface area contributed by atoms with Crippen molar-refractivity contribution in [2.75, 3.05) is 11.9 Å². The van der Waals surface area contributed by atoms with Crippen molar-refractivity contribution in [1.82, 2.24) is 9.88 Å². The van der Waals surface area contributed by atoms with E-state index in [9.17, 15) is 19.5 Å². The fourth-order valence-corrected chi connectivity index (χ4v) is 4.88. The topological polar surface area (TPSA) is 109 Å². The van der Waals surface area contributed by atoms with Gasteiger partial charge in [0.05, 0.1) is 27.4 Å². The van der Waals surface area contributed by atoms with Crippen LogP contribution in [-0.4, -0.2) is 45.5 Å². The number of carbonyl (C=O) groups is 3. The molecule has 0 saturated heterocycles. The van der Waals surface area contributed by atoms with Gasteiger partial charge in [-0.05, 0) is 36.8 Å². The van der Waals surface area contributed by atoms with Crippen molar-refractivity contribution in [1.29, 1.82) is 0 Å². The zero-order valence-electron chi connectivity index (χ0n) is 21.2. The third-order valence-corrected chi connectivity index (χ3v) is 7.03. The molecule has 39 heavy (non-hydrogen) atoms. The summed E-state index contributed by atoms with van der Waals surface area (Å²) in [5.74, 6) is -2.41. The first-order valence-electron chi connectivity index (χ1n) is 12.5. The van der Waals surface area contributed by atoms with Gasteiger partial charge in [-0.2, -0.15) is 0 Å². The van der Waals surface area contributed by atoms with Crippen LogP contribution in [0.2, 0.25) is 5.02 Å². The summed E-state index contributed by atoms with van der Waals surface area (Å²) in [6.07, 6.45) is -0.490. The van der Waals surface area contributed by atoms with Crippen molar-refractivity contribution < 1.29 is 24.2 Å². The van der Waals surface area contributed by atoms with Crippen LogP contribution in [0.3, 0.4) is 0 Å². The molecule has 2 heterocycles. The number of anilines is 1. The molecule has 2 N–H and O–H groups in total. The molecule has 1 amide bonds. The quantitative estimate of drug-likeness (QED) is 0.303. The van der Waals surface area contributed by atoms with Gasteiger partial charge < -0.3 is 15.2 Å². The smallest absolute Gasteiger partial charge is 0.339 e. The number of rotatable bonds is 7. The summed E-state index contributed by atoms with van der Waals surface area (Å²) in [7, 11) is 0. The van der Waals surface area contributed by atoms with Crippen LogP contribution in [-0.2, 0) is 29.0 Å². The summed E-state index contributed by atoms with van der Waals surface area (Å²) < 4.78 is 5.66. The molecule has 5 rings (SSSR count). The van der Waals surface area contributed by atoms with Gasteiger partial charge in [0, 0.05) is 42.7 Å². The lowest BCUT2D eigenvalue weighted by molar-refractivity contribution is -0.123. The summed E-state index contributed by atoms with van der Waals surface area (Å²) in [6.45, 7) is 3.51. The number of halogens is 1. The number of hydrogen-bond donors (Lipinski definition) is 2. The van der Waals surface area contributed by atoms with E-state index in [0.717, 1.165) is 24.3 Å². The highest BCUT2D eigenvalue weighted by molar-refractivity contribution is 6.34. The Bertz CT molecular complexity index is 1570. The van der Waals surface area contributed by atoms with Crippen LogP contribution in [0.1, 0.15) is 44.5 Å². The molecular weight excluding hydrogens is 518 g/mol. The van der Waals surface area contributed by atoms with Gasteiger partial charge in [0.1, 0.15) is 0 Å². The monoisotopic (exact) mass is 543 g/mol. The Labute approximate surface area is 230 Å². The fourth-order valence-electron chi connectivity index (χ4n) is 4.72. The lowest BCUT2D eigenvalue weighted by Gasteiger charge is -2.30. The van der Waals surface area contributed by atoms with E-state index in [1.165, 1.54) is 30.7 Å². The van der Waals surface area contributed by atoms with E-state index in [0.29, 0.717) is 29.4 Å². The average Bonchev–Trinajstić information content (AvgIpc) is 2.93. The van der Waals surface area contributed by atoms with Crippen molar-refractivity contribution >= 4 is 46.0 Å². The Morgan fingerprint density at radius 2 is 1.82 bits per heavy atom. The van der Waals surface area contributed by atoms with E-state index in [2.05, 4.69) is 22.3 Å². The highest BCUT2D eigenvalue weighted by Crippen LogP contribution is 2.30. The summed E-state index contributed by atoms with van der Waals surface area (Å²) in [5, 5.41) is 12.6. The van der Waals surface area contributed by atoms with Crippen LogP contribution in [0.15, 0.2) is 72.8 Å². The van der Waals surface area contributed by atoms with Gasteiger partial charge in [0.2, 0.25) is 0 Å². The van der Waals surface area contributed by atoms with Crippen molar-refractivity contribution in [2.24, 2.45) is 0 Å². The van der Waals surface area contributed by atoms with Gasteiger partial charge in [0.25, 0.3) is 5.91 Å². The van der Waals surface area contributed by atoms with Crippen LogP contribution in [0.4, 0.5) is 5.69 Å². The third kappa shape index (κ3) is 5.77. The second kappa shape index (κ2) is 11.2. The molecule has 9 heteroatoms. The van der Waals surface area contributed by atoms with Gasteiger partial charge in [-0.1, -0.05) is 60.1 Å². The van der Waals surface area contributed by atoms with Gasteiger partial charge in [0.15, 0.2) is 6.10 Å². The zero-order valence-corrected chi connectivity index (χ0v) is 21.9. The van der Waals surface area contributed by atoms with E-state index >= 15 is 0 Å². The molecule has 0 aliphatic carbocycles. The molecule has 1 unspecified atom stereocenters. The van der Waals surface area contributed by atoms with E-state index < -0.39 is 23.9 Å². The van der Waals surface area contributed by atoms with Crippen molar-refractivity contribution in [2.45, 2.75) is 32.5 Å². The predicted octanol–water partition coefficient (Wildman–Crippen LogP) is 5.33. The van der Waals surface area contributed by atoms with Crippen LogP contribution in [0.25, 0.3) is 10.9 Å². The number of carbonyl (C=O) groups excluding carboxylic acids is 2. The molecule has 1 aromatic heterocycles. The minimum atomic E-state index is -1.17. The highest BCUT2D eigenvalue weighted by atomic mass is 35.5. The number of fused-ring (bicyclic) bond motifs is 2. The summed E-state index contributed by atoms with van der Waals surface area (Å²) in [5.41, 5.74) is 4.00. The SMILES string of the molecule is CC(OC(=O)c1c2c(nc3ccccc13)CCN(Cc1ccccc1)C2)C(=O)Nc1cc(C(=O)O)ccc1Cl. The molecule has 0 radical (unpaired) electrons. The third-order valence-electron chi connectivity index (χ3n) is 6.70. The molecule has 8 nitrogen and oxygen atoms in total. The Kier molecular flexibility index (Phi) is 7.58. The van der Waals surface area contributed by atoms with Crippen molar-refractivity contribution in [3.05, 3.63) is 106 Å². The Morgan fingerprint density at radius 3 is 2.59 bits per heavy atom. The highest BCUT2D eigenvalue weighted by Gasteiger charge is 2.29. The van der Waals surface area contributed by atoms with Crippen LogP contribution in [0.5, 0.6) is 0 Å². The lowest BCUT2D eigenvalue weighted by Crippen LogP contribution is -2.34. The van der Waals surface area contributed by atoms with E-state index in [4.69, 9.17) is 21.3 Å². The number of amides is 1. The minimum absolute atomic E-state index is 0.0331. The van der Waals surface area contributed by atoms with E-state index in [1.54, 1.807) is 0 Å². The number of pyridine rings is 1. The number of esters is 1. The van der Waals surface area contributed by atoms with Crippen LogP contribution in [0, 0.1) is 0 Å². The molecule has 1 atom stereocenters. The number of hydrogen-bond acceptors (Lipinski definition) is 6. The first-order chi connectivity index (χ1) is 18.8. The molecule has 0 saturated carbocycles. The standard InChI is InChI=1S/C30H26ClN3O5/c1-18(28(35)33-26-15-20(29(36)37)11-12-23(26)31)39-30(38)27-21-9-5-6-10-24(21)32-25-13-14-34(17-22(25)27)16-19-7-3-2-4-8-19/h2-12,15,18H,13-14,16-17H2,1H3,(H,33,35)(H,36,37). The van der Waals surface area contributed by atoms with Crippen molar-refractivity contribution in [3.8, 4) is 0 Å². The number of para-hydroxylation sites is 1. The van der Waals surface area contributed by atoms with Gasteiger partial charge in [-0.15, -0.1) is 0 Å². The molecular formula is C30H26ClN3O5. The number of nitrogens with zero attached hydrogens (tertiary/aromatic N) is 2. The molecule has 1 aliphatic heterocycles. The van der Waals surface area contributed by atoms with Crippen molar-refractivity contribution in [3.63, 3.8) is 0 Å². The van der Waals surface area contributed by atoms with Gasteiger partial charge in [-0.25, -0.2) is 9.59 Å². The Morgan fingerprint density at radius 1 is 1.08 bits per heavy atom. The maximum atomic E-state index is 13.6. The molecule has 0 bridgehead atoms. The predicted molar refractivity (Wildman–Crippen MR) is 148 cm³/mol. The second-order valence-corrected chi connectivity index (χ2v) is 9.82. The number of carboxylic acid groups (broad SMARTS) is 1. The number of aromatic carboxylic acids is 1. The van der Waals surface area contributed by atoms with Gasteiger partial charge in [-0.3, -0.25) is 14.7 Å². The Balaban J connectivity index is 1.40. The zero-order chi connectivity index (χ0) is 27.5. The number of benzene rings is 3. The van der Waals surface area contributed by atoms with Crippen LogP contribution < -0.4 is 5.32 Å². The van der Waals surface area contributed by atoms with E-state index in [1.807, 2.05) is 42.5 Å². The van der Waals surface area contributed by atoms with Crippen LogP contribution >= 0.6 is 11.6 Å². The molecule has 1 aliphatic rings. The number of nitrogens with one attached hydrogen (secondary N) is 1. The minimum Gasteiger partial charge on any atom is -0.478 e. The average molecular weight is 544 g/mol. The molecule has 0 fully saturated rings. The maximum absolute atomic E-state index is 13.6. The number of ether oxygens (including phenoxy) is 1. The largest absolute Gasteiger partial charge is 0.478 e. The summed E-state index contributed by atoms with van der Waals surface area (Å²) in [6, 6.07) is 21.5. The number of aromatic nitrogens is 1. The Hall–Kier alpha value is -4.27. The summed E-state index contributed by atoms with van der Waals surface area (Å²) in [4.78, 5) is 44.9. The molecule has 198 valence electrons. The first-order valence-corrected chi connectivity index (χ1v) is 12.9. The fraction of sp³-hybridized carbons (Fsp3) is 0.200. The van der Waals surface area contributed by atoms with Gasteiger partial charge >= 0.3 is 11.9 Å². The second-order valence-electron chi connectivity index (χ2n) is 9.41. The van der Waals surface area contributed by atoms with E-state index in [-0.39, 0.29) is 16.3 Å². The molecule has 4 aromatic rings.